The van der Waals surface area contributed by atoms with Crippen LogP contribution in [0.5, 0.6) is 0 Å². The van der Waals surface area contributed by atoms with E-state index in [1.807, 2.05) is 45.9 Å². The molecule has 0 N–H and O–H groups in total. The third-order valence-electron chi connectivity index (χ3n) is 2.01. The highest BCUT2D eigenvalue weighted by atomic mass is 79.9. The smallest absolute Gasteiger partial charge is 0.338 e. The van der Waals surface area contributed by atoms with Crippen LogP contribution in [0.25, 0.3) is 0 Å². The predicted octanol–water partition coefficient (Wildman–Crippen LogP) is 4.10. The molecular weight excluding hydrogens is 268 g/mol. The fraction of sp³-hybridized carbons (Fsp3) is 0.462. The molecule has 0 heterocycles. The SMILES string of the molecule is CC(Br)c1ccccc1C(=O)OC(C)(C)C. The largest absolute Gasteiger partial charge is 0.456 e. The molecule has 3 heteroatoms. The second-order valence-electron chi connectivity index (χ2n) is 4.71. The Morgan fingerprint density at radius 1 is 1.31 bits per heavy atom. The number of alkyl halides is 1. The molecular formula is C13H17BrO2. The van der Waals surface area contributed by atoms with Crippen molar-refractivity contribution in [2.45, 2.75) is 38.1 Å². The number of halogens is 1. The van der Waals surface area contributed by atoms with Gasteiger partial charge >= 0.3 is 5.97 Å². The van der Waals surface area contributed by atoms with Gasteiger partial charge in [0.05, 0.1) is 5.56 Å². The van der Waals surface area contributed by atoms with E-state index >= 15 is 0 Å². The van der Waals surface area contributed by atoms with Gasteiger partial charge in [0.15, 0.2) is 0 Å². The van der Waals surface area contributed by atoms with Crippen LogP contribution in [-0.2, 0) is 4.74 Å². The third kappa shape index (κ3) is 3.63. The zero-order valence-corrected chi connectivity index (χ0v) is 11.7. The van der Waals surface area contributed by atoms with Gasteiger partial charge in [-0.15, -0.1) is 0 Å². The van der Waals surface area contributed by atoms with Gasteiger partial charge in [-0.25, -0.2) is 4.79 Å². The van der Waals surface area contributed by atoms with E-state index in [1.165, 1.54) is 0 Å². The Balaban J connectivity index is 3.00. The van der Waals surface area contributed by atoms with Crippen LogP contribution < -0.4 is 0 Å². The summed E-state index contributed by atoms with van der Waals surface area (Å²) in [4.78, 5) is 12.1. The van der Waals surface area contributed by atoms with Crippen LogP contribution in [-0.4, -0.2) is 11.6 Å². The molecule has 0 saturated carbocycles. The molecule has 88 valence electrons. The molecule has 0 amide bonds. The zero-order valence-electron chi connectivity index (χ0n) is 10.1. The van der Waals surface area contributed by atoms with Crippen molar-refractivity contribution < 1.29 is 9.53 Å². The van der Waals surface area contributed by atoms with E-state index in [0.717, 1.165) is 5.56 Å². The van der Waals surface area contributed by atoms with Crippen LogP contribution in [0, 0.1) is 0 Å². The van der Waals surface area contributed by atoms with Crippen molar-refractivity contribution in [2.75, 3.05) is 0 Å². The lowest BCUT2D eigenvalue weighted by Gasteiger charge is -2.21. The maximum atomic E-state index is 11.9. The first-order chi connectivity index (χ1) is 7.31. The fourth-order valence-corrected chi connectivity index (χ4v) is 1.76. The lowest BCUT2D eigenvalue weighted by atomic mass is 10.1. The lowest BCUT2D eigenvalue weighted by molar-refractivity contribution is 0.00684. The minimum Gasteiger partial charge on any atom is -0.456 e. The summed E-state index contributed by atoms with van der Waals surface area (Å²) in [5, 5.41) is 0. The van der Waals surface area contributed by atoms with E-state index in [4.69, 9.17) is 4.74 Å². The molecule has 0 aliphatic rings. The topological polar surface area (TPSA) is 26.3 Å². The molecule has 1 aromatic carbocycles. The highest BCUT2D eigenvalue weighted by molar-refractivity contribution is 9.09. The average Bonchev–Trinajstić information content (AvgIpc) is 2.15. The van der Waals surface area contributed by atoms with E-state index in [1.54, 1.807) is 6.07 Å². The number of hydrogen-bond donors (Lipinski definition) is 0. The Morgan fingerprint density at radius 3 is 2.38 bits per heavy atom. The summed E-state index contributed by atoms with van der Waals surface area (Å²) in [5.74, 6) is -0.269. The van der Waals surface area contributed by atoms with E-state index in [0.29, 0.717) is 5.56 Å². The van der Waals surface area contributed by atoms with Crippen molar-refractivity contribution in [3.63, 3.8) is 0 Å². The Morgan fingerprint density at radius 2 is 1.88 bits per heavy atom. The Bertz CT molecular complexity index is 378. The summed E-state index contributed by atoms with van der Waals surface area (Å²) in [5.41, 5.74) is 1.12. The summed E-state index contributed by atoms with van der Waals surface area (Å²) in [6.07, 6.45) is 0. The van der Waals surface area contributed by atoms with Crippen LogP contribution in [0.2, 0.25) is 0 Å². The number of carbonyl (C=O) groups excluding carboxylic acids is 1. The number of rotatable bonds is 2. The Hall–Kier alpha value is -0.830. The van der Waals surface area contributed by atoms with Gasteiger partial charge in [0.25, 0.3) is 0 Å². The lowest BCUT2D eigenvalue weighted by Crippen LogP contribution is -2.24. The summed E-state index contributed by atoms with van der Waals surface area (Å²) in [6.45, 7) is 7.59. The van der Waals surface area contributed by atoms with E-state index < -0.39 is 5.60 Å². The monoisotopic (exact) mass is 284 g/mol. The fourth-order valence-electron chi connectivity index (χ4n) is 1.36. The molecule has 0 radical (unpaired) electrons. The molecule has 0 aliphatic carbocycles. The minimum atomic E-state index is -0.459. The maximum Gasteiger partial charge on any atom is 0.338 e. The summed E-state index contributed by atoms with van der Waals surface area (Å²) < 4.78 is 5.35. The molecule has 1 aromatic rings. The maximum absolute atomic E-state index is 11.9. The molecule has 0 bridgehead atoms. The van der Waals surface area contributed by atoms with Crippen LogP contribution in [0.15, 0.2) is 24.3 Å². The van der Waals surface area contributed by atoms with Gasteiger partial charge in [0.2, 0.25) is 0 Å². The predicted molar refractivity (Wildman–Crippen MR) is 69.0 cm³/mol. The molecule has 0 spiro atoms. The molecule has 0 aliphatic heterocycles. The summed E-state index contributed by atoms with van der Waals surface area (Å²) in [7, 11) is 0. The number of esters is 1. The van der Waals surface area contributed by atoms with Gasteiger partial charge in [-0.05, 0) is 39.3 Å². The van der Waals surface area contributed by atoms with Crippen LogP contribution in [0.1, 0.15) is 48.4 Å². The van der Waals surface area contributed by atoms with Crippen LogP contribution in [0.3, 0.4) is 0 Å². The van der Waals surface area contributed by atoms with Crippen molar-refractivity contribution in [3.05, 3.63) is 35.4 Å². The normalized spacial score (nSPS) is 13.3. The molecule has 1 unspecified atom stereocenters. The summed E-state index contributed by atoms with van der Waals surface area (Å²) >= 11 is 3.47. The molecule has 16 heavy (non-hydrogen) atoms. The van der Waals surface area contributed by atoms with Gasteiger partial charge in [0, 0.05) is 4.83 Å². The second-order valence-corrected chi connectivity index (χ2v) is 6.08. The second kappa shape index (κ2) is 5.00. The van der Waals surface area contributed by atoms with Crippen molar-refractivity contribution >= 4 is 21.9 Å². The highest BCUT2D eigenvalue weighted by Gasteiger charge is 2.21. The van der Waals surface area contributed by atoms with Gasteiger partial charge in [-0.2, -0.15) is 0 Å². The molecule has 2 nitrogen and oxygen atoms in total. The number of benzene rings is 1. The molecule has 0 fully saturated rings. The number of hydrogen-bond acceptors (Lipinski definition) is 2. The van der Waals surface area contributed by atoms with Gasteiger partial charge in [-0.3, -0.25) is 0 Å². The Labute approximate surface area is 105 Å². The van der Waals surface area contributed by atoms with Crippen molar-refractivity contribution in [1.82, 2.24) is 0 Å². The molecule has 1 rings (SSSR count). The quantitative estimate of drug-likeness (QED) is 0.604. The molecule has 1 atom stereocenters. The average molecular weight is 285 g/mol. The zero-order chi connectivity index (χ0) is 12.3. The van der Waals surface area contributed by atoms with E-state index in [9.17, 15) is 4.79 Å². The van der Waals surface area contributed by atoms with Crippen LogP contribution in [0.4, 0.5) is 0 Å². The molecule has 0 saturated heterocycles. The standard InChI is InChI=1S/C13H17BrO2/c1-9(14)10-7-5-6-8-11(10)12(15)16-13(2,3)4/h5-9H,1-4H3. The van der Waals surface area contributed by atoms with E-state index in [-0.39, 0.29) is 10.8 Å². The van der Waals surface area contributed by atoms with Gasteiger partial charge in [-0.1, -0.05) is 34.1 Å². The number of ether oxygens (including phenoxy) is 1. The molecule has 0 aromatic heterocycles. The van der Waals surface area contributed by atoms with E-state index in [2.05, 4.69) is 15.9 Å². The minimum absolute atomic E-state index is 0.135. The van der Waals surface area contributed by atoms with Gasteiger partial charge in [0.1, 0.15) is 5.60 Å². The number of carbonyl (C=O) groups is 1. The third-order valence-corrected chi connectivity index (χ3v) is 2.50. The first kappa shape index (κ1) is 13.2. The van der Waals surface area contributed by atoms with Crippen molar-refractivity contribution in [2.24, 2.45) is 0 Å². The van der Waals surface area contributed by atoms with Crippen LogP contribution >= 0.6 is 15.9 Å². The first-order valence-electron chi connectivity index (χ1n) is 5.27. The van der Waals surface area contributed by atoms with Gasteiger partial charge < -0.3 is 4.74 Å². The Kier molecular flexibility index (Phi) is 4.14. The van der Waals surface area contributed by atoms with Crippen molar-refractivity contribution in [3.8, 4) is 0 Å². The first-order valence-corrected chi connectivity index (χ1v) is 6.19. The highest BCUT2D eigenvalue weighted by Crippen LogP contribution is 2.26. The summed E-state index contributed by atoms with van der Waals surface area (Å²) in [6, 6.07) is 7.49. The van der Waals surface area contributed by atoms with Crippen molar-refractivity contribution in [1.29, 1.82) is 0 Å².